The van der Waals surface area contributed by atoms with Gasteiger partial charge in [-0.1, -0.05) is 29.9 Å². The summed E-state index contributed by atoms with van der Waals surface area (Å²) in [5, 5.41) is 4.11. The molecule has 30 heavy (non-hydrogen) atoms. The molecular formula is C19H27ClN6O3S. The lowest BCUT2D eigenvalue weighted by Gasteiger charge is -2.37. The number of ether oxygens (including phenoxy) is 1. The highest BCUT2D eigenvalue weighted by Crippen LogP contribution is 2.29. The van der Waals surface area contributed by atoms with Crippen molar-refractivity contribution < 1.29 is 14.3 Å². The van der Waals surface area contributed by atoms with E-state index < -0.39 is 0 Å². The second-order valence-electron chi connectivity index (χ2n) is 7.41. The number of methoxy groups -OCH3 is 1. The number of amides is 2. The van der Waals surface area contributed by atoms with E-state index in [9.17, 15) is 9.59 Å². The van der Waals surface area contributed by atoms with Gasteiger partial charge in [0, 0.05) is 34.3 Å². The SMILES string of the molecule is CCc1[nH]c(C(=O)N[C@H]2CCN(c3nc(C)c(C(=O)N(C)C)s3)C[C@H]2OC)nc1Cl. The Morgan fingerprint density at radius 3 is 2.73 bits per heavy atom. The van der Waals surface area contributed by atoms with Gasteiger partial charge in [0.15, 0.2) is 16.1 Å². The smallest absolute Gasteiger partial charge is 0.287 e. The monoisotopic (exact) mass is 454 g/mol. The van der Waals surface area contributed by atoms with Crippen LogP contribution >= 0.6 is 22.9 Å². The molecule has 0 aliphatic carbocycles. The first-order chi connectivity index (χ1) is 14.2. The topological polar surface area (TPSA) is 103 Å². The van der Waals surface area contributed by atoms with Crippen LogP contribution < -0.4 is 10.2 Å². The lowest BCUT2D eigenvalue weighted by molar-refractivity contribution is 0.0538. The summed E-state index contributed by atoms with van der Waals surface area (Å²) in [6.07, 6.45) is 1.12. The van der Waals surface area contributed by atoms with Crippen molar-refractivity contribution in [1.82, 2.24) is 25.2 Å². The van der Waals surface area contributed by atoms with Gasteiger partial charge in [-0.25, -0.2) is 9.97 Å². The number of hydrogen-bond acceptors (Lipinski definition) is 7. The Labute approximate surface area is 184 Å². The number of anilines is 1. The van der Waals surface area contributed by atoms with E-state index in [0.29, 0.717) is 36.0 Å². The van der Waals surface area contributed by atoms with Crippen LogP contribution in [0.3, 0.4) is 0 Å². The molecule has 0 spiro atoms. The van der Waals surface area contributed by atoms with Crippen molar-refractivity contribution in [3.8, 4) is 0 Å². The molecule has 1 fully saturated rings. The van der Waals surface area contributed by atoms with Gasteiger partial charge in [0.25, 0.3) is 11.8 Å². The molecule has 2 aromatic rings. The summed E-state index contributed by atoms with van der Waals surface area (Å²) in [4.78, 5) is 40.9. The van der Waals surface area contributed by atoms with Crippen LogP contribution in [-0.2, 0) is 11.2 Å². The normalized spacial score (nSPS) is 19.1. The van der Waals surface area contributed by atoms with Gasteiger partial charge in [-0.2, -0.15) is 0 Å². The number of piperidine rings is 1. The maximum Gasteiger partial charge on any atom is 0.287 e. The molecule has 0 saturated carbocycles. The summed E-state index contributed by atoms with van der Waals surface area (Å²) in [5.41, 5.74) is 1.46. The van der Waals surface area contributed by atoms with Gasteiger partial charge in [-0.3, -0.25) is 9.59 Å². The predicted molar refractivity (Wildman–Crippen MR) is 117 cm³/mol. The van der Waals surface area contributed by atoms with Gasteiger partial charge < -0.3 is 24.8 Å². The Bertz CT molecular complexity index is 928. The van der Waals surface area contributed by atoms with Gasteiger partial charge in [0.1, 0.15) is 4.88 Å². The molecule has 11 heteroatoms. The van der Waals surface area contributed by atoms with Gasteiger partial charge in [0.05, 0.1) is 23.5 Å². The fourth-order valence-corrected chi connectivity index (χ4v) is 4.77. The number of hydrogen-bond donors (Lipinski definition) is 2. The molecule has 2 N–H and O–H groups in total. The lowest BCUT2D eigenvalue weighted by atomic mass is 10.0. The van der Waals surface area contributed by atoms with Crippen LogP contribution in [0.15, 0.2) is 0 Å². The van der Waals surface area contributed by atoms with Gasteiger partial charge in [0.2, 0.25) is 0 Å². The third-order valence-corrected chi connectivity index (χ3v) is 6.65. The van der Waals surface area contributed by atoms with Crippen LogP contribution in [0.2, 0.25) is 5.15 Å². The number of imidazole rings is 1. The number of aromatic amines is 1. The van der Waals surface area contributed by atoms with E-state index in [0.717, 1.165) is 16.5 Å². The first-order valence-corrected chi connectivity index (χ1v) is 11.0. The summed E-state index contributed by atoms with van der Waals surface area (Å²) in [7, 11) is 5.08. The average molecular weight is 455 g/mol. The number of rotatable bonds is 6. The van der Waals surface area contributed by atoms with Crippen molar-refractivity contribution in [2.24, 2.45) is 0 Å². The quantitative estimate of drug-likeness (QED) is 0.692. The molecule has 164 valence electrons. The summed E-state index contributed by atoms with van der Waals surface area (Å²) in [5.74, 6) is -0.150. The Morgan fingerprint density at radius 1 is 1.40 bits per heavy atom. The van der Waals surface area contributed by atoms with Crippen LogP contribution in [0.25, 0.3) is 0 Å². The highest BCUT2D eigenvalue weighted by molar-refractivity contribution is 7.17. The van der Waals surface area contributed by atoms with Crippen molar-refractivity contribution in [3.05, 3.63) is 27.2 Å². The number of halogens is 1. The van der Waals surface area contributed by atoms with Crippen LogP contribution in [0.4, 0.5) is 5.13 Å². The Balaban J connectivity index is 1.68. The van der Waals surface area contributed by atoms with Gasteiger partial charge >= 0.3 is 0 Å². The number of H-pyrrole nitrogens is 1. The molecule has 0 radical (unpaired) electrons. The van der Waals surface area contributed by atoms with E-state index in [1.54, 1.807) is 26.1 Å². The fourth-order valence-electron chi connectivity index (χ4n) is 3.38. The first kappa shape index (κ1) is 22.5. The van der Waals surface area contributed by atoms with E-state index >= 15 is 0 Å². The van der Waals surface area contributed by atoms with Crippen molar-refractivity contribution >= 4 is 39.9 Å². The van der Waals surface area contributed by atoms with Crippen LogP contribution in [-0.4, -0.2) is 78.1 Å². The summed E-state index contributed by atoms with van der Waals surface area (Å²) < 4.78 is 5.65. The maximum atomic E-state index is 12.6. The zero-order valence-electron chi connectivity index (χ0n) is 17.8. The second-order valence-corrected chi connectivity index (χ2v) is 8.74. The summed E-state index contributed by atoms with van der Waals surface area (Å²) in [6, 6.07) is -0.170. The zero-order valence-corrected chi connectivity index (χ0v) is 19.4. The number of thiazole rings is 1. The molecule has 1 aliphatic rings. The summed E-state index contributed by atoms with van der Waals surface area (Å²) >= 11 is 7.43. The number of nitrogens with zero attached hydrogens (tertiary/aromatic N) is 4. The van der Waals surface area contributed by atoms with E-state index in [-0.39, 0.29) is 29.8 Å². The Morgan fingerprint density at radius 2 is 2.13 bits per heavy atom. The number of carbonyl (C=O) groups excluding carboxylic acids is 2. The summed E-state index contributed by atoms with van der Waals surface area (Å²) in [6.45, 7) is 5.03. The third kappa shape index (κ3) is 4.60. The number of aryl methyl sites for hydroxylation is 2. The molecule has 0 unspecified atom stereocenters. The molecule has 2 aromatic heterocycles. The molecule has 1 saturated heterocycles. The van der Waals surface area contributed by atoms with Crippen molar-refractivity contribution in [2.75, 3.05) is 39.2 Å². The highest BCUT2D eigenvalue weighted by atomic mass is 35.5. The third-order valence-electron chi connectivity index (χ3n) is 5.13. The number of nitrogens with one attached hydrogen (secondary N) is 2. The van der Waals surface area contributed by atoms with Crippen molar-refractivity contribution in [1.29, 1.82) is 0 Å². The van der Waals surface area contributed by atoms with Crippen LogP contribution in [0.1, 0.15) is 45.0 Å². The van der Waals surface area contributed by atoms with Crippen LogP contribution in [0, 0.1) is 6.92 Å². The molecule has 1 aliphatic heterocycles. The predicted octanol–water partition coefficient (Wildman–Crippen LogP) is 2.12. The largest absolute Gasteiger partial charge is 0.377 e. The first-order valence-electron chi connectivity index (χ1n) is 9.77. The fraction of sp³-hybridized carbons (Fsp3) is 0.579. The molecule has 9 nitrogen and oxygen atoms in total. The van der Waals surface area contributed by atoms with Crippen molar-refractivity contribution in [3.63, 3.8) is 0 Å². The van der Waals surface area contributed by atoms with E-state index in [1.165, 1.54) is 11.3 Å². The number of aromatic nitrogens is 3. The van der Waals surface area contributed by atoms with Crippen LogP contribution in [0.5, 0.6) is 0 Å². The highest BCUT2D eigenvalue weighted by Gasteiger charge is 2.33. The average Bonchev–Trinajstić information content (AvgIpc) is 3.30. The zero-order chi connectivity index (χ0) is 22.0. The Hall–Kier alpha value is -2.17. The molecule has 3 rings (SSSR count). The number of carbonyl (C=O) groups is 2. The molecular weight excluding hydrogens is 428 g/mol. The minimum Gasteiger partial charge on any atom is -0.377 e. The van der Waals surface area contributed by atoms with E-state index in [4.69, 9.17) is 16.3 Å². The minimum absolute atomic E-state index is 0.0507. The standard InChI is InChI=1S/C19H27ClN6O3S/c1-6-11-15(20)24-16(22-11)17(27)23-12-7-8-26(9-13(12)29-5)19-21-10(2)14(30-19)18(28)25(3)4/h12-13H,6-9H2,1-5H3,(H,22,24)(H,23,27)/t12-,13+/m0/s1. The molecule has 3 heterocycles. The maximum absolute atomic E-state index is 12.6. The lowest BCUT2D eigenvalue weighted by Crippen LogP contribution is -2.55. The van der Waals surface area contributed by atoms with E-state index in [1.807, 2.05) is 13.8 Å². The van der Waals surface area contributed by atoms with Crippen molar-refractivity contribution in [2.45, 2.75) is 38.8 Å². The molecule has 2 amide bonds. The second kappa shape index (κ2) is 9.32. The van der Waals surface area contributed by atoms with Gasteiger partial charge in [-0.05, 0) is 19.8 Å². The van der Waals surface area contributed by atoms with Gasteiger partial charge in [-0.15, -0.1) is 0 Å². The van der Waals surface area contributed by atoms with E-state index in [2.05, 4.69) is 25.2 Å². The molecule has 2 atom stereocenters. The minimum atomic E-state index is -0.305. The molecule has 0 bridgehead atoms. The molecule has 0 aromatic carbocycles. The Kier molecular flexibility index (Phi) is 6.99.